The Morgan fingerprint density at radius 1 is 0.833 bits per heavy atom. The summed E-state index contributed by atoms with van der Waals surface area (Å²) in [6, 6.07) is 20.2. The third-order valence-electron chi connectivity index (χ3n) is 4.62. The van der Waals surface area contributed by atoms with Crippen molar-refractivity contribution in [3.05, 3.63) is 71.8 Å². The fourth-order valence-corrected chi connectivity index (χ4v) is 3.35. The molecule has 1 fully saturated rings. The zero-order chi connectivity index (χ0) is 16.8. The van der Waals surface area contributed by atoms with Crippen LogP contribution in [0.25, 0.3) is 0 Å². The molecule has 0 saturated heterocycles. The standard InChI is InChI=1S/C21H26O3/c1-16-12-19(22)21(24-15-18-10-6-3-7-11-18)20(13-16)23-14-17-8-4-2-5-9-17/h2-11,16,19-22H,12-15H2,1H3/t16-,19-,20-,21-/m1/s1. The molecule has 1 aliphatic rings. The Labute approximate surface area is 144 Å². The van der Waals surface area contributed by atoms with Gasteiger partial charge in [0.2, 0.25) is 0 Å². The SMILES string of the molecule is C[C@@H]1C[C@@H](O)[C@@H](OCc2ccccc2)[C@H](OCc2ccccc2)C1. The molecule has 1 N–H and O–H groups in total. The van der Waals surface area contributed by atoms with E-state index >= 15 is 0 Å². The number of rotatable bonds is 6. The molecule has 1 saturated carbocycles. The first-order valence-electron chi connectivity index (χ1n) is 8.71. The molecule has 3 heteroatoms. The van der Waals surface area contributed by atoms with Crippen LogP contribution in [0.4, 0.5) is 0 Å². The number of hydrogen-bond acceptors (Lipinski definition) is 3. The Balaban J connectivity index is 1.61. The minimum Gasteiger partial charge on any atom is -0.390 e. The molecule has 4 atom stereocenters. The molecule has 0 heterocycles. The van der Waals surface area contributed by atoms with Crippen molar-refractivity contribution in [1.82, 2.24) is 0 Å². The van der Waals surface area contributed by atoms with E-state index in [0.29, 0.717) is 19.1 Å². The highest BCUT2D eigenvalue weighted by Gasteiger charge is 2.37. The van der Waals surface area contributed by atoms with Gasteiger partial charge in [0.15, 0.2) is 0 Å². The Morgan fingerprint density at radius 2 is 1.38 bits per heavy atom. The first kappa shape index (κ1) is 17.2. The summed E-state index contributed by atoms with van der Waals surface area (Å²) in [5.74, 6) is 0.442. The quantitative estimate of drug-likeness (QED) is 0.873. The maximum Gasteiger partial charge on any atom is 0.110 e. The predicted octanol–water partition coefficient (Wildman–Crippen LogP) is 3.95. The highest BCUT2D eigenvalue weighted by molar-refractivity contribution is 5.14. The lowest BCUT2D eigenvalue weighted by molar-refractivity contribution is -0.159. The van der Waals surface area contributed by atoms with E-state index in [-0.39, 0.29) is 12.2 Å². The molecule has 0 unspecified atom stereocenters. The van der Waals surface area contributed by atoms with E-state index in [1.54, 1.807) is 0 Å². The lowest BCUT2D eigenvalue weighted by Gasteiger charge is -2.38. The Morgan fingerprint density at radius 3 is 1.96 bits per heavy atom. The van der Waals surface area contributed by atoms with E-state index in [9.17, 15) is 5.11 Å². The molecular weight excluding hydrogens is 300 g/mol. The Hall–Kier alpha value is -1.68. The highest BCUT2D eigenvalue weighted by atomic mass is 16.5. The molecule has 2 aromatic rings. The summed E-state index contributed by atoms with van der Waals surface area (Å²) in [5.41, 5.74) is 2.26. The third kappa shape index (κ3) is 4.67. The molecule has 0 spiro atoms. The van der Waals surface area contributed by atoms with Crippen molar-refractivity contribution >= 4 is 0 Å². The van der Waals surface area contributed by atoms with E-state index in [0.717, 1.165) is 24.0 Å². The largest absolute Gasteiger partial charge is 0.390 e. The fourth-order valence-electron chi connectivity index (χ4n) is 3.35. The van der Waals surface area contributed by atoms with Crippen LogP contribution < -0.4 is 0 Å². The van der Waals surface area contributed by atoms with Crippen LogP contribution in [0.2, 0.25) is 0 Å². The van der Waals surface area contributed by atoms with Gasteiger partial charge >= 0.3 is 0 Å². The average molecular weight is 326 g/mol. The monoisotopic (exact) mass is 326 g/mol. The highest BCUT2D eigenvalue weighted by Crippen LogP contribution is 2.30. The number of aliphatic hydroxyl groups is 1. The number of aliphatic hydroxyl groups excluding tert-OH is 1. The summed E-state index contributed by atoms with van der Waals surface area (Å²) < 4.78 is 12.2. The normalized spacial score (nSPS) is 27.1. The molecule has 1 aliphatic carbocycles. The zero-order valence-corrected chi connectivity index (χ0v) is 14.2. The molecule has 24 heavy (non-hydrogen) atoms. The van der Waals surface area contributed by atoms with Gasteiger partial charge in [-0.25, -0.2) is 0 Å². The smallest absolute Gasteiger partial charge is 0.110 e. The maximum absolute atomic E-state index is 10.5. The average Bonchev–Trinajstić information content (AvgIpc) is 2.61. The Bertz CT molecular complexity index is 599. The molecule has 128 valence electrons. The second-order valence-corrected chi connectivity index (χ2v) is 6.74. The van der Waals surface area contributed by atoms with Crippen LogP contribution in [0.1, 0.15) is 30.9 Å². The van der Waals surface area contributed by atoms with E-state index in [1.165, 1.54) is 0 Å². The lowest BCUT2D eigenvalue weighted by atomic mass is 9.84. The minimum absolute atomic E-state index is 0.0762. The molecule has 3 nitrogen and oxygen atoms in total. The third-order valence-corrected chi connectivity index (χ3v) is 4.62. The van der Waals surface area contributed by atoms with Crippen molar-refractivity contribution in [2.24, 2.45) is 5.92 Å². The van der Waals surface area contributed by atoms with Crippen molar-refractivity contribution in [3.8, 4) is 0 Å². The first-order valence-corrected chi connectivity index (χ1v) is 8.71. The van der Waals surface area contributed by atoms with E-state index in [4.69, 9.17) is 9.47 Å². The summed E-state index contributed by atoms with van der Waals surface area (Å²) >= 11 is 0. The van der Waals surface area contributed by atoms with Gasteiger partial charge in [-0.1, -0.05) is 67.6 Å². The van der Waals surface area contributed by atoms with Gasteiger partial charge < -0.3 is 14.6 Å². The van der Waals surface area contributed by atoms with Crippen molar-refractivity contribution in [2.75, 3.05) is 0 Å². The van der Waals surface area contributed by atoms with Gasteiger partial charge in [-0.05, 0) is 29.9 Å². The lowest BCUT2D eigenvalue weighted by Crippen LogP contribution is -2.46. The van der Waals surface area contributed by atoms with Crippen LogP contribution in [0, 0.1) is 5.92 Å². The summed E-state index contributed by atoms with van der Waals surface area (Å²) in [5, 5.41) is 10.5. The van der Waals surface area contributed by atoms with E-state index in [1.807, 2.05) is 48.5 Å². The van der Waals surface area contributed by atoms with Gasteiger partial charge in [-0.2, -0.15) is 0 Å². The van der Waals surface area contributed by atoms with Gasteiger partial charge in [0.25, 0.3) is 0 Å². The van der Waals surface area contributed by atoms with Gasteiger partial charge in [0.1, 0.15) is 6.10 Å². The molecule has 0 bridgehead atoms. The summed E-state index contributed by atoms with van der Waals surface area (Å²) in [4.78, 5) is 0. The van der Waals surface area contributed by atoms with Crippen LogP contribution in [-0.2, 0) is 22.7 Å². The Kier molecular flexibility index (Phi) is 6.02. The first-order chi connectivity index (χ1) is 11.7. The predicted molar refractivity (Wildman–Crippen MR) is 94.4 cm³/mol. The zero-order valence-electron chi connectivity index (χ0n) is 14.2. The second kappa shape index (κ2) is 8.43. The van der Waals surface area contributed by atoms with Gasteiger partial charge in [-0.3, -0.25) is 0 Å². The van der Waals surface area contributed by atoms with Crippen molar-refractivity contribution in [1.29, 1.82) is 0 Å². The van der Waals surface area contributed by atoms with Crippen molar-refractivity contribution in [2.45, 2.75) is 51.3 Å². The van der Waals surface area contributed by atoms with Gasteiger partial charge in [-0.15, -0.1) is 0 Å². The van der Waals surface area contributed by atoms with Gasteiger partial charge in [0, 0.05) is 0 Å². The topological polar surface area (TPSA) is 38.7 Å². The molecule has 0 radical (unpaired) electrons. The van der Waals surface area contributed by atoms with Crippen LogP contribution in [0.15, 0.2) is 60.7 Å². The van der Waals surface area contributed by atoms with Crippen LogP contribution in [0.5, 0.6) is 0 Å². The molecule has 0 amide bonds. The van der Waals surface area contributed by atoms with E-state index in [2.05, 4.69) is 19.1 Å². The van der Waals surface area contributed by atoms with Crippen LogP contribution >= 0.6 is 0 Å². The fraction of sp³-hybridized carbons (Fsp3) is 0.429. The number of hydrogen-bond donors (Lipinski definition) is 1. The van der Waals surface area contributed by atoms with E-state index < -0.39 is 6.10 Å². The second-order valence-electron chi connectivity index (χ2n) is 6.74. The van der Waals surface area contributed by atoms with Crippen molar-refractivity contribution < 1.29 is 14.6 Å². The van der Waals surface area contributed by atoms with Crippen molar-refractivity contribution in [3.63, 3.8) is 0 Å². The van der Waals surface area contributed by atoms with Gasteiger partial charge in [0.05, 0.1) is 25.4 Å². The molecular formula is C21H26O3. The molecule has 0 aliphatic heterocycles. The molecule has 3 rings (SSSR count). The van der Waals surface area contributed by atoms with Crippen LogP contribution in [-0.4, -0.2) is 23.4 Å². The molecule has 0 aromatic heterocycles. The summed E-state index contributed by atoms with van der Waals surface area (Å²) in [7, 11) is 0. The maximum atomic E-state index is 10.5. The summed E-state index contributed by atoms with van der Waals surface area (Å²) in [6.45, 7) is 3.22. The molecule has 2 aromatic carbocycles. The van der Waals surface area contributed by atoms with Crippen LogP contribution in [0.3, 0.4) is 0 Å². The summed E-state index contributed by atoms with van der Waals surface area (Å²) in [6.07, 6.45) is 0.865. The minimum atomic E-state index is -0.474. The number of benzene rings is 2. The number of ether oxygens (including phenoxy) is 2.